The Balaban J connectivity index is 2.87. The van der Waals surface area contributed by atoms with Gasteiger partial charge in [-0.05, 0) is 26.7 Å². The summed E-state index contributed by atoms with van der Waals surface area (Å²) in [5.74, 6) is -2.86. The number of hydrogen-bond acceptors (Lipinski definition) is 6. The van der Waals surface area contributed by atoms with E-state index in [9.17, 15) is 14.7 Å². The summed E-state index contributed by atoms with van der Waals surface area (Å²) in [5.41, 5.74) is -1.53. The average molecular weight is 260 g/mol. The molecule has 1 heterocycles. The zero-order chi connectivity index (χ0) is 13.6. The molecule has 0 aromatic carbocycles. The van der Waals surface area contributed by atoms with Gasteiger partial charge in [-0.2, -0.15) is 0 Å². The lowest BCUT2D eigenvalue weighted by molar-refractivity contribution is -0.185. The highest BCUT2D eigenvalue weighted by molar-refractivity contribution is 5.96. The Hall–Kier alpha value is -1.14. The fourth-order valence-electron chi connectivity index (χ4n) is 2.02. The van der Waals surface area contributed by atoms with Crippen molar-refractivity contribution < 1.29 is 28.9 Å². The first-order chi connectivity index (χ1) is 8.55. The molecule has 0 amide bonds. The second-order valence-corrected chi connectivity index (χ2v) is 4.20. The van der Waals surface area contributed by atoms with Gasteiger partial charge in [-0.3, -0.25) is 9.59 Å². The Kier molecular flexibility index (Phi) is 5.55. The van der Waals surface area contributed by atoms with E-state index in [0.29, 0.717) is 19.4 Å². The second-order valence-electron chi connectivity index (χ2n) is 4.20. The molecule has 0 radical (unpaired) electrons. The van der Waals surface area contributed by atoms with E-state index in [0.717, 1.165) is 0 Å². The Labute approximate surface area is 106 Å². The van der Waals surface area contributed by atoms with Gasteiger partial charge in [0.15, 0.2) is 5.92 Å². The number of ether oxygens (including phenoxy) is 3. The lowest BCUT2D eigenvalue weighted by Crippen LogP contribution is -2.53. The van der Waals surface area contributed by atoms with E-state index in [1.165, 1.54) is 0 Å². The highest BCUT2D eigenvalue weighted by Crippen LogP contribution is 2.29. The number of esters is 2. The van der Waals surface area contributed by atoms with Crippen LogP contribution in [0.25, 0.3) is 0 Å². The first kappa shape index (κ1) is 14.9. The zero-order valence-electron chi connectivity index (χ0n) is 10.8. The third kappa shape index (κ3) is 3.43. The van der Waals surface area contributed by atoms with Crippen molar-refractivity contribution in [2.24, 2.45) is 5.92 Å². The Morgan fingerprint density at radius 3 is 2.22 bits per heavy atom. The van der Waals surface area contributed by atoms with Gasteiger partial charge >= 0.3 is 11.9 Å². The van der Waals surface area contributed by atoms with E-state index in [2.05, 4.69) is 0 Å². The van der Waals surface area contributed by atoms with Gasteiger partial charge in [0.1, 0.15) is 5.60 Å². The molecule has 1 fully saturated rings. The lowest BCUT2D eigenvalue weighted by atomic mass is 9.83. The van der Waals surface area contributed by atoms with Crippen molar-refractivity contribution in [1.29, 1.82) is 0 Å². The maximum Gasteiger partial charge on any atom is 0.323 e. The van der Waals surface area contributed by atoms with Crippen LogP contribution in [0.3, 0.4) is 0 Å². The summed E-state index contributed by atoms with van der Waals surface area (Å²) in [5, 5.41) is 10.4. The van der Waals surface area contributed by atoms with Crippen LogP contribution in [0.2, 0.25) is 0 Å². The predicted molar refractivity (Wildman–Crippen MR) is 61.8 cm³/mol. The first-order valence-corrected chi connectivity index (χ1v) is 6.18. The van der Waals surface area contributed by atoms with Gasteiger partial charge < -0.3 is 19.3 Å². The van der Waals surface area contributed by atoms with Crippen molar-refractivity contribution in [3.63, 3.8) is 0 Å². The summed E-state index contributed by atoms with van der Waals surface area (Å²) in [7, 11) is 0. The third-order valence-electron chi connectivity index (χ3n) is 2.83. The monoisotopic (exact) mass is 260 g/mol. The standard InChI is InChI=1S/C12H20O6/c1-3-17-10(13)9(11(14)18-4-2)12(15)6-5-7-16-8-12/h9,15H,3-8H2,1-2H3. The van der Waals surface area contributed by atoms with E-state index in [1.807, 2.05) is 0 Å². The van der Waals surface area contributed by atoms with Gasteiger partial charge in [-0.25, -0.2) is 0 Å². The van der Waals surface area contributed by atoms with Crippen molar-refractivity contribution in [1.82, 2.24) is 0 Å². The van der Waals surface area contributed by atoms with E-state index >= 15 is 0 Å². The van der Waals surface area contributed by atoms with E-state index < -0.39 is 23.5 Å². The lowest BCUT2D eigenvalue weighted by Gasteiger charge is -2.35. The van der Waals surface area contributed by atoms with Crippen molar-refractivity contribution >= 4 is 11.9 Å². The summed E-state index contributed by atoms with van der Waals surface area (Å²) in [6.07, 6.45) is 0.904. The van der Waals surface area contributed by atoms with E-state index in [-0.39, 0.29) is 19.8 Å². The molecule has 6 nitrogen and oxygen atoms in total. The van der Waals surface area contributed by atoms with Crippen molar-refractivity contribution in [3.05, 3.63) is 0 Å². The summed E-state index contributed by atoms with van der Waals surface area (Å²) in [6.45, 7) is 4.02. The van der Waals surface area contributed by atoms with E-state index in [1.54, 1.807) is 13.8 Å². The van der Waals surface area contributed by atoms with E-state index in [4.69, 9.17) is 14.2 Å². The van der Waals surface area contributed by atoms with Crippen LogP contribution < -0.4 is 0 Å². The van der Waals surface area contributed by atoms with Crippen LogP contribution in [0, 0.1) is 5.92 Å². The predicted octanol–water partition coefficient (Wildman–Crippen LogP) is 0.270. The van der Waals surface area contributed by atoms with Gasteiger partial charge in [0.25, 0.3) is 0 Å². The topological polar surface area (TPSA) is 82.1 Å². The molecule has 18 heavy (non-hydrogen) atoms. The van der Waals surface area contributed by atoms with Crippen molar-refractivity contribution in [2.45, 2.75) is 32.3 Å². The van der Waals surface area contributed by atoms with Crippen molar-refractivity contribution in [2.75, 3.05) is 26.4 Å². The molecule has 0 saturated carbocycles. The van der Waals surface area contributed by atoms with Crippen LogP contribution in [-0.4, -0.2) is 49.1 Å². The Bertz CT molecular complexity index is 277. The molecular weight excluding hydrogens is 240 g/mol. The summed E-state index contributed by atoms with van der Waals surface area (Å²) in [6, 6.07) is 0. The fourth-order valence-corrected chi connectivity index (χ4v) is 2.02. The SMILES string of the molecule is CCOC(=O)C(C(=O)OCC)C1(O)CCCOC1. The minimum atomic E-state index is -1.53. The largest absolute Gasteiger partial charge is 0.465 e. The van der Waals surface area contributed by atoms with Crippen LogP contribution in [0.1, 0.15) is 26.7 Å². The summed E-state index contributed by atoms with van der Waals surface area (Å²) >= 11 is 0. The molecule has 0 spiro atoms. The highest BCUT2D eigenvalue weighted by Gasteiger charge is 2.49. The van der Waals surface area contributed by atoms with Gasteiger partial charge in [0.2, 0.25) is 0 Å². The number of hydrogen-bond donors (Lipinski definition) is 1. The molecule has 104 valence electrons. The van der Waals surface area contributed by atoms with Crippen LogP contribution >= 0.6 is 0 Å². The quantitative estimate of drug-likeness (QED) is 0.564. The van der Waals surface area contributed by atoms with Gasteiger partial charge in [-0.1, -0.05) is 0 Å². The van der Waals surface area contributed by atoms with Gasteiger partial charge in [0, 0.05) is 6.61 Å². The van der Waals surface area contributed by atoms with Gasteiger partial charge in [0.05, 0.1) is 19.8 Å². The smallest absolute Gasteiger partial charge is 0.323 e. The van der Waals surface area contributed by atoms with Crippen LogP contribution in [0.5, 0.6) is 0 Å². The summed E-state index contributed by atoms with van der Waals surface area (Å²) < 4.78 is 14.8. The van der Waals surface area contributed by atoms with Crippen LogP contribution in [0.15, 0.2) is 0 Å². The first-order valence-electron chi connectivity index (χ1n) is 6.18. The van der Waals surface area contributed by atoms with Crippen LogP contribution in [0.4, 0.5) is 0 Å². The van der Waals surface area contributed by atoms with Gasteiger partial charge in [-0.15, -0.1) is 0 Å². The molecule has 0 aliphatic carbocycles. The normalized spacial score (nSPS) is 23.8. The molecule has 1 aliphatic heterocycles. The van der Waals surface area contributed by atoms with Crippen molar-refractivity contribution in [3.8, 4) is 0 Å². The minimum Gasteiger partial charge on any atom is -0.465 e. The highest BCUT2D eigenvalue weighted by atomic mass is 16.6. The number of carbonyl (C=O) groups is 2. The second kappa shape index (κ2) is 6.70. The molecule has 1 aliphatic rings. The molecule has 0 aromatic rings. The molecule has 1 atom stereocenters. The van der Waals surface area contributed by atoms with Crippen LogP contribution in [-0.2, 0) is 23.8 Å². The maximum atomic E-state index is 11.8. The molecule has 0 bridgehead atoms. The molecular formula is C12H20O6. The molecule has 1 unspecified atom stereocenters. The molecule has 6 heteroatoms. The molecule has 0 aromatic heterocycles. The maximum absolute atomic E-state index is 11.8. The molecule has 1 saturated heterocycles. The zero-order valence-corrected chi connectivity index (χ0v) is 10.8. The number of rotatable bonds is 5. The molecule has 1 N–H and O–H groups in total. The third-order valence-corrected chi connectivity index (χ3v) is 2.83. The minimum absolute atomic E-state index is 0.0602. The molecule has 1 rings (SSSR count). The number of aliphatic hydroxyl groups is 1. The average Bonchev–Trinajstić information content (AvgIpc) is 2.30. The Morgan fingerprint density at radius 1 is 1.28 bits per heavy atom. The Morgan fingerprint density at radius 2 is 1.83 bits per heavy atom. The summed E-state index contributed by atoms with van der Waals surface area (Å²) in [4.78, 5) is 23.7. The fraction of sp³-hybridized carbons (Fsp3) is 0.833. The number of carbonyl (C=O) groups excluding carboxylic acids is 2.